The van der Waals surface area contributed by atoms with E-state index in [9.17, 15) is 20.1 Å². The Hall–Kier alpha value is -0.770. The minimum absolute atomic E-state index is 0.000869. The van der Waals surface area contributed by atoms with Crippen LogP contribution < -0.4 is 0 Å². The van der Waals surface area contributed by atoms with E-state index in [0.717, 1.165) is 38.5 Å². The minimum Gasteiger partial charge on any atom is -0.390 e. The fourth-order valence-electron chi connectivity index (χ4n) is 13.9. The molecule has 1 amide bonds. The molecule has 10 unspecified atom stereocenters. The number of carbonyl (C=O) groups excluding carboxylic acids is 1. The van der Waals surface area contributed by atoms with Crippen LogP contribution in [0.15, 0.2) is 0 Å². The number of rotatable bonds is 5. The summed E-state index contributed by atoms with van der Waals surface area (Å²) in [6.45, 7) is 17.1. The number of aliphatic hydroxyl groups is 3. The zero-order chi connectivity index (χ0) is 32.8. The molecule has 6 saturated carbocycles. The van der Waals surface area contributed by atoms with Gasteiger partial charge in [0.05, 0.1) is 43.2 Å². The maximum absolute atomic E-state index is 12.8. The fraction of sp³-hybridized carbons (Fsp3) is 0.974. The first-order valence-electron chi connectivity index (χ1n) is 18.8. The zero-order valence-corrected chi connectivity index (χ0v) is 29.5. The van der Waals surface area contributed by atoms with Gasteiger partial charge >= 0.3 is 0 Å². The molecule has 2 heterocycles. The van der Waals surface area contributed by atoms with Gasteiger partial charge in [-0.05, 0) is 123 Å². The summed E-state index contributed by atoms with van der Waals surface area (Å²) in [5, 5.41) is 34.1. The lowest BCUT2D eigenvalue weighted by atomic mass is 9.41. The van der Waals surface area contributed by atoms with Gasteiger partial charge in [0, 0.05) is 17.9 Å². The van der Waals surface area contributed by atoms with Gasteiger partial charge in [0.2, 0.25) is 5.91 Å². The first-order chi connectivity index (χ1) is 21.5. The van der Waals surface area contributed by atoms with Gasteiger partial charge in [0.1, 0.15) is 6.10 Å². The van der Waals surface area contributed by atoms with Gasteiger partial charge in [-0.25, -0.2) is 0 Å². The number of ether oxygens (including phenoxy) is 3. The number of amides is 1. The molecule has 8 heteroatoms. The summed E-state index contributed by atoms with van der Waals surface area (Å²) >= 11 is 0. The SMILES string of the molecule is C[C@@H]1CC(C(O)C(C)(C)O)OC2C1C1(C)CCC34CC35CCC(OC3CN(C(=O)C6CC6)CCO3)C(C)(C)[C@@H]5CCC4[C@]1(C)[C@H]2O. The molecule has 260 valence electrons. The van der Waals surface area contributed by atoms with Crippen molar-refractivity contribution in [3.8, 4) is 0 Å². The largest absolute Gasteiger partial charge is 0.390 e. The molecule has 8 rings (SSSR count). The van der Waals surface area contributed by atoms with E-state index < -0.39 is 23.9 Å². The number of carbonyl (C=O) groups is 1. The monoisotopic (exact) mass is 643 g/mol. The van der Waals surface area contributed by atoms with Crippen molar-refractivity contribution in [3.05, 3.63) is 0 Å². The second-order valence-corrected chi connectivity index (χ2v) is 19.1. The van der Waals surface area contributed by atoms with Crippen LogP contribution in [0.2, 0.25) is 0 Å². The molecule has 0 radical (unpaired) electrons. The van der Waals surface area contributed by atoms with Gasteiger partial charge in [0.25, 0.3) is 0 Å². The molecule has 2 spiro atoms. The van der Waals surface area contributed by atoms with Gasteiger partial charge in [-0.15, -0.1) is 0 Å². The van der Waals surface area contributed by atoms with Crippen molar-refractivity contribution in [1.29, 1.82) is 0 Å². The van der Waals surface area contributed by atoms with Crippen molar-refractivity contribution in [2.24, 2.45) is 56.7 Å². The Bertz CT molecular complexity index is 1250. The summed E-state index contributed by atoms with van der Waals surface area (Å²) in [5.41, 5.74) is -0.999. The smallest absolute Gasteiger partial charge is 0.225 e. The second-order valence-electron chi connectivity index (χ2n) is 19.1. The van der Waals surface area contributed by atoms with Crippen molar-refractivity contribution in [2.45, 2.75) is 155 Å². The lowest BCUT2D eigenvalue weighted by Crippen LogP contribution is -2.60. The molecule has 46 heavy (non-hydrogen) atoms. The Morgan fingerprint density at radius 2 is 1.70 bits per heavy atom. The number of aliphatic hydroxyl groups excluding tert-OH is 2. The van der Waals surface area contributed by atoms with Crippen LogP contribution in [0.4, 0.5) is 0 Å². The van der Waals surface area contributed by atoms with E-state index in [1.807, 2.05) is 4.90 Å². The number of fused-ring (bicyclic) bond motifs is 4. The molecule has 3 N–H and O–H groups in total. The van der Waals surface area contributed by atoms with Gasteiger partial charge in [-0.3, -0.25) is 4.79 Å². The van der Waals surface area contributed by atoms with E-state index in [1.165, 1.54) is 19.3 Å². The van der Waals surface area contributed by atoms with E-state index in [-0.39, 0.29) is 57.9 Å². The standard InChI is InChI=1S/C38H61NO7/c1-21-18-23(30(40)34(4,5)43)45-29-28(21)35(6)14-15-38-20-37(38)13-12-26(46-27-19-39(16-17-44-27)32(42)22-8-9-22)33(2,3)24(37)10-11-25(38)36(35,7)31(29)41/h21-31,40-41,43H,8-20H2,1-7H3/t21-,23?,24+,25?,26?,27?,28?,29?,30?,31+,35?,36-,37?,38?/m1/s1. The lowest BCUT2D eigenvalue weighted by Gasteiger charge is -2.64. The summed E-state index contributed by atoms with van der Waals surface area (Å²) < 4.78 is 19.6. The van der Waals surface area contributed by atoms with Crippen LogP contribution in [-0.4, -0.2) is 88.2 Å². The van der Waals surface area contributed by atoms with Gasteiger partial charge < -0.3 is 34.4 Å². The highest BCUT2D eigenvalue weighted by Gasteiger charge is 2.84. The molecule has 14 atom stereocenters. The first kappa shape index (κ1) is 32.4. The molecule has 2 aliphatic heterocycles. The Balaban J connectivity index is 1.02. The average Bonchev–Trinajstić information content (AvgIpc) is 3.92. The molecule has 0 aromatic heterocycles. The number of morpholine rings is 1. The van der Waals surface area contributed by atoms with E-state index in [2.05, 4.69) is 34.6 Å². The maximum atomic E-state index is 12.8. The van der Waals surface area contributed by atoms with E-state index in [0.29, 0.717) is 49.3 Å². The van der Waals surface area contributed by atoms with Crippen LogP contribution in [0, 0.1) is 56.7 Å². The highest BCUT2D eigenvalue weighted by atomic mass is 16.7. The third-order valence-electron chi connectivity index (χ3n) is 16.4. The van der Waals surface area contributed by atoms with Crippen LogP contribution in [0.25, 0.3) is 0 Å². The van der Waals surface area contributed by atoms with Crippen LogP contribution in [0.5, 0.6) is 0 Å². The van der Waals surface area contributed by atoms with E-state index >= 15 is 0 Å². The van der Waals surface area contributed by atoms with Crippen LogP contribution >= 0.6 is 0 Å². The minimum atomic E-state index is -1.25. The molecule has 2 saturated heterocycles. The molecular formula is C38H61NO7. The predicted molar refractivity (Wildman–Crippen MR) is 172 cm³/mol. The van der Waals surface area contributed by atoms with E-state index in [4.69, 9.17) is 14.2 Å². The summed E-state index contributed by atoms with van der Waals surface area (Å²) in [6, 6.07) is 0. The quantitative estimate of drug-likeness (QED) is 0.391. The van der Waals surface area contributed by atoms with Crippen LogP contribution in [-0.2, 0) is 19.0 Å². The number of hydrogen-bond acceptors (Lipinski definition) is 7. The summed E-state index contributed by atoms with van der Waals surface area (Å²) in [7, 11) is 0. The molecule has 0 aromatic rings. The normalized spacial score (nSPS) is 53.3. The van der Waals surface area contributed by atoms with Crippen LogP contribution in [0.1, 0.15) is 113 Å². The Labute approximate surface area is 276 Å². The van der Waals surface area contributed by atoms with Crippen molar-refractivity contribution >= 4 is 5.91 Å². The molecular weight excluding hydrogens is 582 g/mol. The molecule has 8 nitrogen and oxygen atoms in total. The Morgan fingerprint density at radius 3 is 2.39 bits per heavy atom. The number of hydrogen-bond donors (Lipinski definition) is 3. The van der Waals surface area contributed by atoms with E-state index in [1.54, 1.807) is 13.8 Å². The topological polar surface area (TPSA) is 109 Å². The molecule has 6 aliphatic carbocycles. The molecule has 8 aliphatic rings. The molecule has 0 aromatic carbocycles. The molecule has 0 bridgehead atoms. The molecule has 8 fully saturated rings. The highest BCUT2D eigenvalue weighted by Crippen LogP contribution is 2.89. The predicted octanol–water partition coefficient (Wildman–Crippen LogP) is 4.91. The summed E-state index contributed by atoms with van der Waals surface area (Å²) in [4.78, 5) is 14.8. The van der Waals surface area contributed by atoms with Crippen molar-refractivity contribution in [1.82, 2.24) is 4.90 Å². The third kappa shape index (κ3) is 4.15. The average molecular weight is 644 g/mol. The Kier molecular flexibility index (Phi) is 7.16. The van der Waals surface area contributed by atoms with Crippen molar-refractivity contribution < 1.29 is 34.3 Å². The zero-order valence-electron chi connectivity index (χ0n) is 29.5. The van der Waals surface area contributed by atoms with Gasteiger partial charge in [-0.1, -0.05) is 34.6 Å². The maximum Gasteiger partial charge on any atom is 0.225 e. The van der Waals surface area contributed by atoms with Crippen LogP contribution in [0.3, 0.4) is 0 Å². The third-order valence-corrected chi connectivity index (χ3v) is 16.4. The highest BCUT2D eigenvalue weighted by molar-refractivity contribution is 5.81. The first-order valence-corrected chi connectivity index (χ1v) is 18.8. The fourth-order valence-corrected chi connectivity index (χ4v) is 13.9. The number of nitrogens with zero attached hydrogens (tertiary/aromatic N) is 1. The lowest BCUT2D eigenvalue weighted by molar-refractivity contribution is -0.248. The second kappa shape index (κ2) is 10.2. The van der Waals surface area contributed by atoms with Crippen molar-refractivity contribution in [2.75, 3.05) is 19.7 Å². The summed E-state index contributed by atoms with van der Waals surface area (Å²) in [6.07, 6.45) is 8.23. The Morgan fingerprint density at radius 1 is 1.00 bits per heavy atom. The van der Waals surface area contributed by atoms with Gasteiger partial charge in [-0.2, -0.15) is 0 Å². The van der Waals surface area contributed by atoms with Gasteiger partial charge in [0.15, 0.2) is 6.29 Å². The summed E-state index contributed by atoms with van der Waals surface area (Å²) in [5.74, 6) is 2.06. The van der Waals surface area contributed by atoms with Crippen molar-refractivity contribution in [3.63, 3.8) is 0 Å².